The third-order valence-electron chi connectivity index (χ3n) is 2.68. The zero-order valence-electron chi connectivity index (χ0n) is 9.25. The number of H-pyrrole nitrogens is 1. The number of nitrogens with zero attached hydrogens (tertiary/aromatic N) is 1. The fourth-order valence-corrected chi connectivity index (χ4v) is 1.81. The van der Waals surface area contributed by atoms with E-state index in [9.17, 15) is 0 Å². The average Bonchev–Trinajstić information content (AvgIpc) is 2.61. The van der Waals surface area contributed by atoms with Crippen LogP contribution in [0.1, 0.15) is 5.56 Å². The van der Waals surface area contributed by atoms with E-state index in [-0.39, 0.29) is 0 Å². The molecule has 3 nitrogen and oxygen atoms in total. The number of aromatic amines is 1. The summed E-state index contributed by atoms with van der Waals surface area (Å²) >= 11 is 0. The summed E-state index contributed by atoms with van der Waals surface area (Å²) in [6.45, 7) is 0.697. The Bertz CT molecular complexity index is 457. The van der Waals surface area contributed by atoms with Crippen LogP contribution in [-0.4, -0.2) is 25.6 Å². The van der Waals surface area contributed by atoms with E-state index >= 15 is 0 Å². The number of nitrogens with one attached hydrogen (secondary N) is 1. The van der Waals surface area contributed by atoms with Crippen LogP contribution in [0.25, 0.3) is 10.9 Å². The molecule has 0 fully saturated rings. The van der Waals surface area contributed by atoms with Gasteiger partial charge in [0.25, 0.3) is 0 Å². The van der Waals surface area contributed by atoms with E-state index in [2.05, 4.69) is 34.3 Å². The molecule has 80 valence electrons. The summed E-state index contributed by atoms with van der Waals surface area (Å²) in [6.07, 6.45) is 2.98. The lowest BCUT2D eigenvalue weighted by molar-refractivity contribution is 0.976. The molecule has 2 rings (SSSR count). The maximum absolute atomic E-state index is 5.57. The second kappa shape index (κ2) is 3.95. The lowest BCUT2D eigenvalue weighted by Crippen LogP contribution is -2.08. The Balaban J connectivity index is 2.47. The first-order valence-corrected chi connectivity index (χ1v) is 5.20. The van der Waals surface area contributed by atoms with E-state index in [4.69, 9.17) is 5.73 Å². The Morgan fingerprint density at radius 3 is 2.80 bits per heavy atom. The van der Waals surface area contributed by atoms with Crippen molar-refractivity contribution < 1.29 is 0 Å². The van der Waals surface area contributed by atoms with E-state index in [1.807, 2.05) is 14.1 Å². The van der Waals surface area contributed by atoms with Crippen molar-refractivity contribution in [2.45, 2.75) is 6.42 Å². The monoisotopic (exact) mass is 203 g/mol. The first-order valence-electron chi connectivity index (χ1n) is 5.20. The van der Waals surface area contributed by atoms with E-state index in [1.165, 1.54) is 22.2 Å². The van der Waals surface area contributed by atoms with Crippen LogP contribution in [0.15, 0.2) is 24.4 Å². The number of aromatic nitrogens is 1. The lowest BCUT2D eigenvalue weighted by Gasteiger charge is -2.11. The van der Waals surface area contributed by atoms with Gasteiger partial charge in [-0.15, -0.1) is 0 Å². The molecule has 3 heteroatoms. The van der Waals surface area contributed by atoms with Crippen molar-refractivity contribution in [2.75, 3.05) is 25.5 Å². The molecule has 3 N–H and O–H groups in total. The van der Waals surface area contributed by atoms with Crippen LogP contribution in [0, 0.1) is 0 Å². The molecule has 0 spiro atoms. The summed E-state index contributed by atoms with van der Waals surface area (Å²) in [5, 5.41) is 1.28. The summed E-state index contributed by atoms with van der Waals surface area (Å²) < 4.78 is 0. The van der Waals surface area contributed by atoms with Crippen LogP contribution in [0.2, 0.25) is 0 Å². The van der Waals surface area contributed by atoms with Gasteiger partial charge in [-0.3, -0.25) is 0 Å². The van der Waals surface area contributed by atoms with Gasteiger partial charge in [0.2, 0.25) is 0 Å². The van der Waals surface area contributed by atoms with Crippen molar-refractivity contribution >= 4 is 16.6 Å². The molecule has 0 atom stereocenters. The standard InChI is InChI=1S/C12H17N3/c1-15(2)10-3-4-11-9(5-6-13)8-14-12(11)7-10/h3-4,7-8,14H,5-6,13H2,1-2H3. The van der Waals surface area contributed by atoms with Crippen molar-refractivity contribution in [1.82, 2.24) is 4.98 Å². The molecule has 0 radical (unpaired) electrons. The summed E-state index contributed by atoms with van der Waals surface area (Å²) in [5.74, 6) is 0. The summed E-state index contributed by atoms with van der Waals surface area (Å²) in [7, 11) is 4.09. The van der Waals surface area contributed by atoms with Crippen LogP contribution in [0.5, 0.6) is 0 Å². The number of fused-ring (bicyclic) bond motifs is 1. The molecule has 15 heavy (non-hydrogen) atoms. The Morgan fingerprint density at radius 1 is 1.33 bits per heavy atom. The second-order valence-electron chi connectivity index (χ2n) is 3.98. The molecule has 0 unspecified atom stereocenters. The first-order chi connectivity index (χ1) is 7.22. The SMILES string of the molecule is CN(C)c1ccc2c(CCN)c[nH]c2c1. The maximum atomic E-state index is 5.57. The largest absolute Gasteiger partial charge is 0.378 e. The molecule has 0 saturated heterocycles. The van der Waals surface area contributed by atoms with E-state index < -0.39 is 0 Å². The molecule has 0 aliphatic rings. The minimum absolute atomic E-state index is 0.697. The van der Waals surface area contributed by atoms with Crippen LogP contribution in [0.4, 0.5) is 5.69 Å². The molecule has 0 amide bonds. The fraction of sp³-hybridized carbons (Fsp3) is 0.333. The zero-order valence-corrected chi connectivity index (χ0v) is 9.25. The maximum Gasteiger partial charge on any atom is 0.0477 e. The van der Waals surface area contributed by atoms with Crippen LogP contribution < -0.4 is 10.6 Å². The third kappa shape index (κ3) is 1.83. The van der Waals surface area contributed by atoms with E-state index in [0.717, 1.165) is 6.42 Å². The number of hydrogen-bond donors (Lipinski definition) is 2. The smallest absolute Gasteiger partial charge is 0.0477 e. The van der Waals surface area contributed by atoms with Crippen molar-refractivity contribution in [2.24, 2.45) is 5.73 Å². The minimum atomic E-state index is 0.697. The minimum Gasteiger partial charge on any atom is -0.378 e. The van der Waals surface area contributed by atoms with Gasteiger partial charge in [0.1, 0.15) is 0 Å². The van der Waals surface area contributed by atoms with E-state index in [1.54, 1.807) is 0 Å². The number of anilines is 1. The Hall–Kier alpha value is -1.48. The second-order valence-corrected chi connectivity index (χ2v) is 3.98. The molecule has 1 heterocycles. The Morgan fingerprint density at radius 2 is 2.13 bits per heavy atom. The predicted octanol–water partition coefficient (Wildman–Crippen LogP) is 1.74. The highest BCUT2D eigenvalue weighted by Crippen LogP contribution is 2.23. The molecular formula is C12H17N3. The molecule has 1 aromatic heterocycles. The van der Waals surface area contributed by atoms with Crippen LogP contribution >= 0.6 is 0 Å². The average molecular weight is 203 g/mol. The van der Waals surface area contributed by atoms with Gasteiger partial charge in [-0.1, -0.05) is 6.07 Å². The van der Waals surface area contributed by atoms with Crippen molar-refractivity contribution in [1.29, 1.82) is 0 Å². The van der Waals surface area contributed by atoms with Crippen molar-refractivity contribution in [3.63, 3.8) is 0 Å². The molecule has 0 bridgehead atoms. The first kappa shape index (κ1) is 10.1. The normalized spacial score (nSPS) is 10.9. The molecule has 0 saturated carbocycles. The van der Waals surface area contributed by atoms with Crippen LogP contribution in [-0.2, 0) is 6.42 Å². The van der Waals surface area contributed by atoms with Crippen molar-refractivity contribution in [3.05, 3.63) is 30.0 Å². The fourth-order valence-electron chi connectivity index (χ4n) is 1.81. The lowest BCUT2D eigenvalue weighted by atomic mass is 10.1. The van der Waals surface area contributed by atoms with Gasteiger partial charge in [0.05, 0.1) is 0 Å². The molecule has 0 aliphatic carbocycles. The molecule has 0 aliphatic heterocycles. The number of nitrogens with two attached hydrogens (primary N) is 1. The Labute approximate surface area is 89.9 Å². The van der Waals surface area contributed by atoms with Gasteiger partial charge in [0, 0.05) is 36.9 Å². The number of hydrogen-bond acceptors (Lipinski definition) is 2. The van der Waals surface area contributed by atoms with E-state index in [0.29, 0.717) is 6.54 Å². The number of benzene rings is 1. The highest BCUT2D eigenvalue weighted by Gasteiger charge is 2.04. The Kier molecular flexibility index (Phi) is 2.64. The van der Waals surface area contributed by atoms with Gasteiger partial charge in [-0.05, 0) is 30.7 Å². The third-order valence-corrected chi connectivity index (χ3v) is 2.68. The van der Waals surface area contributed by atoms with Gasteiger partial charge in [-0.25, -0.2) is 0 Å². The van der Waals surface area contributed by atoms with Crippen LogP contribution in [0.3, 0.4) is 0 Å². The van der Waals surface area contributed by atoms with Gasteiger partial charge < -0.3 is 15.6 Å². The van der Waals surface area contributed by atoms with Gasteiger partial charge in [0.15, 0.2) is 0 Å². The highest BCUT2D eigenvalue weighted by molar-refractivity contribution is 5.86. The summed E-state index contributed by atoms with van der Waals surface area (Å²) in [5.41, 5.74) is 9.27. The zero-order chi connectivity index (χ0) is 10.8. The van der Waals surface area contributed by atoms with Gasteiger partial charge in [-0.2, -0.15) is 0 Å². The summed E-state index contributed by atoms with van der Waals surface area (Å²) in [4.78, 5) is 5.39. The van der Waals surface area contributed by atoms with Crippen molar-refractivity contribution in [3.8, 4) is 0 Å². The summed E-state index contributed by atoms with van der Waals surface area (Å²) in [6, 6.07) is 6.46. The molecular weight excluding hydrogens is 186 g/mol. The molecule has 2 aromatic rings. The molecule has 1 aromatic carbocycles. The number of rotatable bonds is 3. The highest BCUT2D eigenvalue weighted by atomic mass is 15.1. The topological polar surface area (TPSA) is 45.0 Å². The van der Waals surface area contributed by atoms with Gasteiger partial charge >= 0.3 is 0 Å². The predicted molar refractivity (Wildman–Crippen MR) is 65.4 cm³/mol. The quantitative estimate of drug-likeness (QED) is 0.798.